The molecule has 0 saturated carbocycles. The van der Waals surface area contributed by atoms with Gasteiger partial charge in [0.05, 0.1) is 17.4 Å². The van der Waals surface area contributed by atoms with Crippen molar-refractivity contribution in [3.63, 3.8) is 0 Å². The second-order valence-electron chi connectivity index (χ2n) is 3.53. The van der Waals surface area contributed by atoms with Crippen LogP contribution in [-0.2, 0) is 14.1 Å². The Labute approximate surface area is 102 Å². The van der Waals surface area contributed by atoms with Gasteiger partial charge < -0.3 is 5.32 Å². The zero-order chi connectivity index (χ0) is 11.7. The number of halogens is 1. The summed E-state index contributed by atoms with van der Waals surface area (Å²) in [6.45, 7) is 0. The van der Waals surface area contributed by atoms with Crippen molar-refractivity contribution < 1.29 is 0 Å². The first-order valence-electron chi connectivity index (χ1n) is 4.85. The molecular weight excluding hydrogens is 272 g/mol. The van der Waals surface area contributed by atoms with E-state index in [1.54, 1.807) is 9.36 Å². The van der Waals surface area contributed by atoms with Gasteiger partial charge in [0.1, 0.15) is 0 Å². The molecule has 0 spiro atoms. The highest BCUT2D eigenvalue weighted by molar-refractivity contribution is 9.10. The third-order valence-electron chi connectivity index (χ3n) is 2.42. The van der Waals surface area contributed by atoms with E-state index < -0.39 is 0 Å². The zero-order valence-electron chi connectivity index (χ0n) is 9.35. The minimum absolute atomic E-state index is 0.0180. The summed E-state index contributed by atoms with van der Waals surface area (Å²) in [5, 5.41) is 15.5. The van der Waals surface area contributed by atoms with E-state index in [0.29, 0.717) is 0 Å². The Morgan fingerprint density at radius 3 is 2.62 bits per heavy atom. The Balaban J connectivity index is 2.44. The van der Waals surface area contributed by atoms with Crippen LogP contribution in [0.1, 0.15) is 17.4 Å². The van der Waals surface area contributed by atoms with Crippen molar-refractivity contribution in [3.8, 4) is 0 Å². The summed E-state index contributed by atoms with van der Waals surface area (Å²) in [7, 11) is 5.64. The van der Waals surface area contributed by atoms with Crippen LogP contribution >= 0.6 is 15.9 Å². The van der Waals surface area contributed by atoms with Crippen LogP contribution in [0.2, 0.25) is 0 Å². The molecule has 7 heteroatoms. The number of nitrogens with zero attached hydrogens (tertiary/aromatic N) is 5. The Morgan fingerprint density at radius 1 is 1.44 bits per heavy atom. The van der Waals surface area contributed by atoms with Crippen LogP contribution in [0.3, 0.4) is 0 Å². The van der Waals surface area contributed by atoms with Gasteiger partial charge in [-0.15, -0.1) is 5.10 Å². The lowest BCUT2D eigenvalue weighted by Gasteiger charge is -2.13. The molecule has 2 heterocycles. The number of aryl methyl sites for hydroxylation is 2. The van der Waals surface area contributed by atoms with Gasteiger partial charge in [0.15, 0.2) is 4.60 Å². The first-order valence-corrected chi connectivity index (χ1v) is 5.64. The molecule has 0 fully saturated rings. The second-order valence-corrected chi connectivity index (χ2v) is 4.28. The van der Waals surface area contributed by atoms with Crippen LogP contribution < -0.4 is 5.32 Å². The number of nitrogens with one attached hydrogen (secondary N) is 1. The Morgan fingerprint density at radius 2 is 2.19 bits per heavy atom. The summed E-state index contributed by atoms with van der Waals surface area (Å²) in [5.41, 5.74) is 1.90. The topological polar surface area (TPSA) is 60.6 Å². The fraction of sp³-hybridized carbons (Fsp3) is 0.444. The highest BCUT2D eigenvalue weighted by atomic mass is 79.9. The predicted molar refractivity (Wildman–Crippen MR) is 62.8 cm³/mol. The number of hydrogen-bond donors (Lipinski definition) is 1. The fourth-order valence-electron chi connectivity index (χ4n) is 1.66. The molecule has 0 radical (unpaired) electrons. The molecule has 1 N–H and O–H groups in total. The molecule has 16 heavy (non-hydrogen) atoms. The average Bonchev–Trinajstić information content (AvgIpc) is 2.80. The second kappa shape index (κ2) is 4.34. The monoisotopic (exact) mass is 284 g/mol. The van der Waals surface area contributed by atoms with E-state index in [4.69, 9.17) is 0 Å². The first-order chi connectivity index (χ1) is 7.63. The van der Waals surface area contributed by atoms with E-state index in [1.807, 2.05) is 33.4 Å². The molecule has 0 bridgehead atoms. The van der Waals surface area contributed by atoms with Crippen LogP contribution in [0.25, 0.3) is 0 Å². The van der Waals surface area contributed by atoms with Crippen molar-refractivity contribution >= 4 is 15.9 Å². The third kappa shape index (κ3) is 1.88. The van der Waals surface area contributed by atoms with Gasteiger partial charge in [-0.3, -0.25) is 4.68 Å². The Kier molecular flexibility index (Phi) is 3.06. The largest absolute Gasteiger partial charge is 0.307 e. The van der Waals surface area contributed by atoms with Crippen LogP contribution in [0.4, 0.5) is 0 Å². The third-order valence-corrected chi connectivity index (χ3v) is 2.98. The lowest BCUT2D eigenvalue weighted by atomic mass is 10.1. The molecule has 0 aliphatic rings. The van der Waals surface area contributed by atoms with Gasteiger partial charge in [0.25, 0.3) is 0 Å². The maximum atomic E-state index is 4.38. The van der Waals surface area contributed by atoms with Crippen LogP contribution in [-0.4, -0.2) is 31.8 Å². The summed E-state index contributed by atoms with van der Waals surface area (Å²) >= 11 is 3.39. The van der Waals surface area contributed by atoms with E-state index in [2.05, 4.69) is 36.7 Å². The normalized spacial score (nSPS) is 13.0. The van der Waals surface area contributed by atoms with Gasteiger partial charge >= 0.3 is 0 Å². The summed E-state index contributed by atoms with van der Waals surface area (Å²) < 4.78 is 4.25. The molecule has 6 nitrogen and oxygen atoms in total. The van der Waals surface area contributed by atoms with Crippen LogP contribution in [0.5, 0.6) is 0 Å². The van der Waals surface area contributed by atoms with Gasteiger partial charge in [0.2, 0.25) is 0 Å². The Bertz CT molecular complexity index is 468. The maximum Gasteiger partial charge on any atom is 0.153 e. The molecule has 0 amide bonds. The molecule has 2 rings (SSSR count). The molecule has 2 aromatic heterocycles. The SMILES string of the molecule is CNC(c1ccn(C)n1)c1c(Br)nnn1C. The molecular formula is C9H13BrN6. The maximum absolute atomic E-state index is 4.38. The summed E-state index contributed by atoms with van der Waals surface area (Å²) in [4.78, 5) is 0. The number of rotatable bonds is 3. The standard InChI is InChI=1S/C9H13BrN6/c1-11-7(6-4-5-15(2)13-6)8-9(10)12-14-16(8)3/h4-5,7,11H,1-3H3. The van der Waals surface area contributed by atoms with E-state index in [9.17, 15) is 0 Å². The van der Waals surface area contributed by atoms with Crippen molar-refractivity contribution in [1.29, 1.82) is 0 Å². The molecule has 0 saturated heterocycles. The van der Waals surface area contributed by atoms with Crippen molar-refractivity contribution in [2.75, 3.05) is 7.05 Å². The quantitative estimate of drug-likeness (QED) is 0.898. The fourth-order valence-corrected chi connectivity index (χ4v) is 2.21. The summed E-state index contributed by atoms with van der Waals surface area (Å²) in [6, 6.07) is 1.95. The average molecular weight is 285 g/mol. The molecule has 1 unspecified atom stereocenters. The number of aromatic nitrogens is 5. The smallest absolute Gasteiger partial charge is 0.153 e. The van der Waals surface area contributed by atoms with Gasteiger partial charge in [-0.25, -0.2) is 4.68 Å². The van der Waals surface area contributed by atoms with Crippen LogP contribution in [0, 0.1) is 0 Å². The molecule has 0 aromatic carbocycles. The molecule has 0 aliphatic heterocycles. The van der Waals surface area contributed by atoms with Crippen molar-refractivity contribution in [2.24, 2.45) is 14.1 Å². The van der Waals surface area contributed by atoms with E-state index >= 15 is 0 Å². The molecule has 0 aliphatic carbocycles. The van der Waals surface area contributed by atoms with Gasteiger partial charge in [-0.05, 0) is 29.0 Å². The van der Waals surface area contributed by atoms with Crippen LogP contribution in [0.15, 0.2) is 16.9 Å². The number of hydrogen-bond acceptors (Lipinski definition) is 4. The van der Waals surface area contributed by atoms with Crippen molar-refractivity contribution in [3.05, 3.63) is 28.3 Å². The van der Waals surface area contributed by atoms with Crippen molar-refractivity contribution in [1.82, 2.24) is 30.1 Å². The molecule has 2 aromatic rings. The van der Waals surface area contributed by atoms with Crippen molar-refractivity contribution in [2.45, 2.75) is 6.04 Å². The predicted octanol–water partition coefficient (Wildman–Crippen LogP) is 0.620. The highest BCUT2D eigenvalue weighted by Gasteiger charge is 2.22. The Hall–Kier alpha value is -1.21. The lowest BCUT2D eigenvalue weighted by Crippen LogP contribution is -2.21. The van der Waals surface area contributed by atoms with Gasteiger partial charge in [-0.2, -0.15) is 5.10 Å². The minimum atomic E-state index is -0.0180. The van der Waals surface area contributed by atoms with Gasteiger partial charge in [0, 0.05) is 20.3 Å². The minimum Gasteiger partial charge on any atom is -0.307 e. The van der Waals surface area contributed by atoms with Gasteiger partial charge in [-0.1, -0.05) is 5.21 Å². The molecule has 1 atom stereocenters. The molecule has 86 valence electrons. The highest BCUT2D eigenvalue weighted by Crippen LogP contribution is 2.24. The van der Waals surface area contributed by atoms with E-state index in [1.165, 1.54) is 0 Å². The summed E-state index contributed by atoms with van der Waals surface area (Å²) in [5.74, 6) is 0. The van der Waals surface area contributed by atoms with E-state index in [0.717, 1.165) is 16.0 Å². The summed E-state index contributed by atoms with van der Waals surface area (Å²) in [6.07, 6.45) is 1.91. The lowest BCUT2D eigenvalue weighted by molar-refractivity contribution is 0.577. The van der Waals surface area contributed by atoms with E-state index in [-0.39, 0.29) is 6.04 Å². The zero-order valence-corrected chi connectivity index (χ0v) is 10.9. The first kappa shape index (κ1) is 11.3.